The molecule has 0 fully saturated rings. The average molecular weight is 429 g/mol. The van der Waals surface area contributed by atoms with E-state index >= 15 is 0 Å². The molecule has 1 aromatic carbocycles. The van der Waals surface area contributed by atoms with Gasteiger partial charge in [0, 0.05) is 17.7 Å². The summed E-state index contributed by atoms with van der Waals surface area (Å²) in [6.45, 7) is 5.00. The first-order valence-corrected chi connectivity index (χ1v) is 11.9. The Morgan fingerprint density at radius 2 is 1.45 bits per heavy atom. The molecular formula is C24H35F3OS. The highest BCUT2D eigenvalue weighted by Gasteiger charge is 2.29. The summed E-state index contributed by atoms with van der Waals surface area (Å²) in [5.74, 6) is 8.34. The van der Waals surface area contributed by atoms with Crippen LogP contribution in [0.5, 0.6) is 0 Å². The van der Waals surface area contributed by atoms with Gasteiger partial charge in [0.25, 0.3) is 0 Å². The van der Waals surface area contributed by atoms with Crippen molar-refractivity contribution in [1.82, 2.24) is 0 Å². The quantitative estimate of drug-likeness (QED) is 0.221. The van der Waals surface area contributed by atoms with Crippen molar-refractivity contribution in [2.45, 2.75) is 83.9 Å². The number of thioether (sulfide) groups is 1. The number of alkyl halides is 3. The van der Waals surface area contributed by atoms with E-state index in [9.17, 15) is 13.2 Å². The van der Waals surface area contributed by atoms with Gasteiger partial charge in [-0.15, -0.1) is 0 Å². The lowest BCUT2D eigenvalue weighted by Gasteiger charge is -2.06. The maximum Gasteiger partial charge on any atom is 0.416 e. The largest absolute Gasteiger partial charge is 0.416 e. The molecule has 0 spiro atoms. The Labute approximate surface area is 179 Å². The molecular weight excluding hydrogens is 393 g/mol. The van der Waals surface area contributed by atoms with Crippen molar-refractivity contribution < 1.29 is 17.9 Å². The van der Waals surface area contributed by atoms with Gasteiger partial charge in [0.1, 0.15) is 0 Å². The van der Waals surface area contributed by atoms with Gasteiger partial charge < -0.3 is 4.74 Å². The van der Waals surface area contributed by atoms with Gasteiger partial charge in [0.15, 0.2) is 0 Å². The van der Waals surface area contributed by atoms with E-state index in [0.29, 0.717) is 11.7 Å². The fraction of sp³-hybridized carbons (Fsp3) is 0.667. The summed E-state index contributed by atoms with van der Waals surface area (Å²) < 4.78 is 43.0. The molecule has 0 aliphatic rings. The van der Waals surface area contributed by atoms with E-state index in [1.165, 1.54) is 62.8 Å². The van der Waals surface area contributed by atoms with Crippen molar-refractivity contribution in [2.75, 3.05) is 18.1 Å². The maximum atomic E-state index is 12.5. The molecule has 164 valence electrons. The highest BCUT2D eigenvalue weighted by Crippen LogP contribution is 2.28. The third kappa shape index (κ3) is 14.5. The smallest absolute Gasteiger partial charge is 0.378 e. The lowest BCUT2D eigenvalue weighted by atomic mass is 10.1. The van der Waals surface area contributed by atoms with Gasteiger partial charge >= 0.3 is 6.18 Å². The predicted octanol–water partition coefficient (Wildman–Crippen LogP) is 7.73. The second-order valence-corrected chi connectivity index (χ2v) is 8.71. The van der Waals surface area contributed by atoms with E-state index in [0.717, 1.165) is 37.3 Å². The summed E-state index contributed by atoms with van der Waals surface area (Å²) in [6.07, 6.45) is 6.84. The van der Waals surface area contributed by atoms with Crippen molar-refractivity contribution in [1.29, 1.82) is 0 Å². The zero-order valence-electron chi connectivity index (χ0n) is 17.8. The van der Waals surface area contributed by atoms with Crippen LogP contribution in [-0.2, 0) is 10.9 Å². The van der Waals surface area contributed by atoms with Gasteiger partial charge in [0.2, 0.25) is 0 Å². The Bertz CT molecular complexity index is 585. The Hall–Kier alpha value is -1.12. The molecule has 29 heavy (non-hydrogen) atoms. The minimum absolute atomic E-state index is 0.335. The molecule has 5 heteroatoms. The fourth-order valence-corrected chi connectivity index (χ4v) is 3.66. The van der Waals surface area contributed by atoms with Crippen LogP contribution in [0.4, 0.5) is 13.2 Å². The normalized spacial score (nSPS) is 11.5. The molecule has 0 atom stereocenters. The minimum atomic E-state index is -4.28. The number of hydrogen-bond acceptors (Lipinski definition) is 2. The summed E-state index contributed by atoms with van der Waals surface area (Å²) in [7, 11) is 0. The second kappa shape index (κ2) is 15.7. The molecule has 0 bridgehead atoms. The van der Waals surface area contributed by atoms with E-state index in [1.807, 2.05) is 11.8 Å². The average Bonchev–Trinajstić information content (AvgIpc) is 2.67. The molecule has 0 aromatic heterocycles. The molecule has 0 amide bonds. The molecule has 0 N–H and O–H groups in total. The molecule has 0 saturated carbocycles. The van der Waals surface area contributed by atoms with E-state index in [-0.39, 0.29) is 0 Å². The Morgan fingerprint density at radius 1 is 0.862 bits per heavy atom. The number of unbranched alkanes of at least 4 members (excludes halogenated alkanes) is 8. The summed E-state index contributed by atoms with van der Waals surface area (Å²) in [5, 5.41) is 0. The lowest BCUT2D eigenvalue weighted by Crippen LogP contribution is -2.05. The highest BCUT2D eigenvalue weighted by atomic mass is 32.2. The van der Waals surface area contributed by atoms with Crippen LogP contribution >= 0.6 is 11.8 Å². The number of rotatable bonds is 14. The van der Waals surface area contributed by atoms with Gasteiger partial charge in [0.05, 0.1) is 18.3 Å². The first-order chi connectivity index (χ1) is 13.9. The summed E-state index contributed by atoms with van der Waals surface area (Å²) >= 11 is 1.99. The van der Waals surface area contributed by atoms with Crippen molar-refractivity contribution >= 4 is 11.8 Å². The molecule has 0 aliphatic carbocycles. The second-order valence-electron chi connectivity index (χ2n) is 7.49. The number of ether oxygens (including phenoxy) is 1. The Balaban J connectivity index is 1.91. The van der Waals surface area contributed by atoms with Crippen LogP contribution in [0.2, 0.25) is 0 Å². The summed E-state index contributed by atoms with van der Waals surface area (Å²) in [5.41, 5.74) is 0.0154. The SMILES string of the molecule is CC(C)OCCSCCCCCCCCCCC#Cc1ccc(C(F)(F)F)cc1. The van der Waals surface area contributed by atoms with Gasteiger partial charge in [-0.1, -0.05) is 50.4 Å². The predicted molar refractivity (Wildman–Crippen MR) is 118 cm³/mol. The zero-order chi connectivity index (χ0) is 21.4. The first-order valence-electron chi connectivity index (χ1n) is 10.7. The van der Waals surface area contributed by atoms with Crippen LogP contribution in [0, 0.1) is 11.8 Å². The number of benzene rings is 1. The molecule has 1 nitrogen and oxygen atoms in total. The number of halogens is 3. The van der Waals surface area contributed by atoms with Gasteiger partial charge in [-0.2, -0.15) is 24.9 Å². The Kier molecular flexibility index (Phi) is 14.0. The molecule has 0 unspecified atom stereocenters. The van der Waals surface area contributed by atoms with Gasteiger partial charge in [-0.05, 0) is 56.7 Å². The maximum absolute atomic E-state index is 12.5. The van der Waals surface area contributed by atoms with Gasteiger partial charge in [-0.25, -0.2) is 0 Å². The monoisotopic (exact) mass is 428 g/mol. The van der Waals surface area contributed by atoms with E-state index in [2.05, 4.69) is 25.7 Å². The van der Waals surface area contributed by atoms with E-state index in [1.54, 1.807) is 0 Å². The Morgan fingerprint density at radius 3 is 2.03 bits per heavy atom. The van der Waals surface area contributed by atoms with Crippen LogP contribution in [0.25, 0.3) is 0 Å². The van der Waals surface area contributed by atoms with Crippen LogP contribution in [0.1, 0.15) is 82.8 Å². The molecule has 1 aromatic rings. The zero-order valence-corrected chi connectivity index (χ0v) is 18.6. The molecule has 0 saturated heterocycles. The van der Waals surface area contributed by atoms with Crippen LogP contribution in [0.15, 0.2) is 24.3 Å². The van der Waals surface area contributed by atoms with Crippen LogP contribution in [0.3, 0.4) is 0 Å². The third-order valence-electron chi connectivity index (χ3n) is 4.46. The van der Waals surface area contributed by atoms with Crippen molar-refractivity contribution in [3.8, 4) is 11.8 Å². The number of hydrogen-bond donors (Lipinski definition) is 0. The van der Waals surface area contributed by atoms with Crippen LogP contribution < -0.4 is 0 Å². The third-order valence-corrected chi connectivity index (χ3v) is 5.50. The van der Waals surface area contributed by atoms with E-state index in [4.69, 9.17) is 4.74 Å². The molecule has 1 rings (SSSR count). The van der Waals surface area contributed by atoms with Crippen molar-refractivity contribution in [3.05, 3.63) is 35.4 Å². The van der Waals surface area contributed by atoms with Crippen molar-refractivity contribution in [2.24, 2.45) is 0 Å². The lowest BCUT2D eigenvalue weighted by molar-refractivity contribution is -0.137. The molecule has 0 radical (unpaired) electrons. The topological polar surface area (TPSA) is 9.23 Å². The van der Waals surface area contributed by atoms with Gasteiger partial charge in [-0.3, -0.25) is 0 Å². The van der Waals surface area contributed by atoms with Crippen molar-refractivity contribution in [3.63, 3.8) is 0 Å². The van der Waals surface area contributed by atoms with Crippen LogP contribution in [-0.4, -0.2) is 24.2 Å². The fourth-order valence-electron chi connectivity index (χ4n) is 2.83. The summed E-state index contributed by atoms with van der Waals surface area (Å²) in [4.78, 5) is 0. The highest BCUT2D eigenvalue weighted by molar-refractivity contribution is 7.99. The first kappa shape index (κ1) is 25.9. The molecule has 0 heterocycles. The molecule has 0 aliphatic heterocycles. The van der Waals surface area contributed by atoms with E-state index < -0.39 is 11.7 Å². The minimum Gasteiger partial charge on any atom is -0.378 e. The summed E-state index contributed by atoms with van der Waals surface area (Å²) in [6, 6.07) is 5.05. The standard InChI is InChI=1S/C24H35F3OS/c1-21(2)28-18-20-29-19-12-10-8-6-4-3-5-7-9-11-13-22-14-16-23(17-15-22)24(25,26)27/h14-17,21H,3-10,12,18-20H2,1-2H3.